The molecule has 1 atom stereocenters. The lowest BCUT2D eigenvalue weighted by Crippen LogP contribution is -1.99. The van der Waals surface area contributed by atoms with Gasteiger partial charge in [-0.3, -0.25) is 0 Å². The summed E-state index contributed by atoms with van der Waals surface area (Å²) in [5, 5.41) is 7.96. The van der Waals surface area contributed by atoms with E-state index >= 15 is 0 Å². The molecule has 0 heterocycles. The first-order chi connectivity index (χ1) is 4.91. The third-order valence-electron chi connectivity index (χ3n) is 0.485. The van der Waals surface area contributed by atoms with E-state index in [-0.39, 0.29) is 5.76 Å². The van der Waals surface area contributed by atoms with Crippen molar-refractivity contribution in [2.45, 2.75) is 0 Å². The molecule has 0 aliphatic heterocycles. The Bertz CT molecular complexity index is 160. The molecule has 0 amide bonds. The number of carbonyl (C=O) groups is 1. The van der Waals surface area contributed by atoms with Crippen molar-refractivity contribution in [2.75, 3.05) is 7.11 Å². The van der Waals surface area contributed by atoms with Gasteiger partial charge in [-0.05, 0) is 6.58 Å². The van der Waals surface area contributed by atoms with Gasteiger partial charge < -0.3 is 18.9 Å². The fraction of sp³-hybridized carbons (Fsp3) is 0.250. The number of ether oxygens (including phenoxy) is 1. The Kier molecular flexibility index (Phi) is 8.32. The minimum absolute atomic E-state index is 0.236. The van der Waals surface area contributed by atoms with Gasteiger partial charge in [-0.2, -0.15) is 0 Å². The highest BCUT2D eigenvalue weighted by Gasteiger charge is 1.98. The van der Waals surface area contributed by atoms with Crippen LogP contribution in [0.3, 0.4) is 0 Å². The maximum atomic E-state index is 9.71. The van der Waals surface area contributed by atoms with Gasteiger partial charge in [0.15, 0.2) is 5.76 Å². The zero-order chi connectivity index (χ0) is 9.44. The van der Waals surface area contributed by atoms with Crippen molar-refractivity contribution in [3.05, 3.63) is 12.3 Å². The van der Waals surface area contributed by atoms with Gasteiger partial charge in [0.25, 0.3) is 0 Å². The van der Waals surface area contributed by atoms with Crippen molar-refractivity contribution in [1.82, 2.24) is 0 Å². The Morgan fingerprint density at radius 3 is 2.00 bits per heavy atom. The van der Waals surface area contributed by atoms with Crippen LogP contribution in [0, 0.1) is 0 Å². The largest absolute Gasteiger partial charge is 0.750 e. The SMILES string of the molecule is C=C(OC)C(=O)O.O=S([O-])O. The highest BCUT2D eigenvalue weighted by atomic mass is 32.2. The molecular formula is C4H7O6S-. The molecule has 0 aliphatic carbocycles. The van der Waals surface area contributed by atoms with Crippen LogP contribution in [0.1, 0.15) is 0 Å². The van der Waals surface area contributed by atoms with Crippen LogP contribution in [0.2, 0.25) is 0 Å². The lowest BCUT2D eigenvalue weighted by Gasteiger charge is -1.92. The zero-order valence-corrected chi connectivity index (χ0v) is 6.46. The third kappa shape index (κ3) is 17.6. The summed E-state index contributed by atoms with van der Waals surface area (Å²) < 4.78 is 28.3. The van der Waals surface area contributed by atoms with Crippen LogP contribution >= 0.6 is 0 Å². The molecule has 66 valence electrons. The van der Waals surface area contributed by atoms with Crippen molar-refractivity contribution < 1.29 is 28.0 Å². The number of hydrogen-bond donors (Lipinski definition) is 2. The molecule has 6 nitrogen and oxygen atoms in total. The van der Waals surface area contributed by atoms with E-state index in [2.05, 4.69) is 11.3 Å². The quantitative estimate of drug-likeness (QED) is 0.341. The van der Waals surface area contributed by atoms with E-state index in [1.165, 1.54) is 7.11 Å². The van der Waals surface area contributed by atoms with Gasteiger partial charge in [0.2, 0.25) is 0 Å². The van der Waals surface area contributed by atoms with Gasteiger partial charge in [0, 0.05) is 0 Å². The Morgan fingerprint density at radius 1 is 1.73 bits per heavy atom. The van der Waals surface area contributed by atoms with Gasteiger partial charge in [-0.15, -0.1) is 0 Å². The summed E-state index contributed by atoms with van der Waals surface area (Å²) in [4.78, 5) is 9.71. The molecule has 11 heavy (non-hydrogen) atoms. The van der Waals surface area contributed by atoms with Gasteiger partial charge in [-0.1, -0.05) is 0 Å². The minimum atomic E-state index is -2.86. The Morgan fingerprint density at radius 2 is 2.00 bits per heavy atom. The normalized spacial score (nSPS) is 10.5. The summed E-state index contributed by atoms with van der Waals surface area (Å²) >= 11 is -2.86. The molecule has 0 spiro atoms. The van der Waals surface area contributed by atoms with E-state index in [0.717, 1.165) is 0 Å². The van der Waals surface area contributed by atoms with E-state index in [0.29, 0.717) is 0 Å². The standard InChI is InChI=1S/C4H6O3.H2O3S/c1-3(7-2)4(5)6;1-4(2)3/h1H2,2H3,(H,5,6);(H2,1,2,3)/p-1. The number of hydrogen-bond acceptors (Lipinski definition) is 4. The van der Waals surface area contributed by atoms with E-state index in [1.54, 1.807) is 0 Å². The summed E-state index contributed by atoms with van der Waals surface area (Å²) in [5.74, 6) is -1.36. The Balaban J connectivity index is 0. The molecule has 0 aliphatic rings. The second-order valence-electron chi connectivity index (χ2n) is 1.15. The number of aliphatic carboxylic acids is 1. The molecule has 0 saturated heterocycles. The lowest BCUT2D eigenvalue weighted by molar-refractivity contribution is -0.136. The van der Waals surface area contributed by atoms with Crippen molar-refractivity contribution in [2.24, 2.45) is 0 Å². The minimum Gasteiger partial charge on any atom is -0.750 e. The van der Waals surface area contributed by atoms with Crippen molar-refractivity contribution >= 4 is 17.3 Å². The smallest absolute Gasteiger partial charge is 0.370 e. The van der Waals surface area contributed by atoms with Gasteiger partial charge >= 0.3 is 5.97 Å². The summed E-state index contributed by atoms with van der Waals surface area (Å²) in [5.41, 5.74) is 0. The zero-order valence-electron chi connectivity index (χ0n) is 5.64. The molecule has 1 unspecified atom stereocenters. The maximum Gasteiger partial charge on any atom is 0.370 e. The predicted molar refractivity (Wildman–Crippen MR) is 35.3 cm³/mol. The summed E-state index contributed by atoms with van der Waals surface area (Å²) in [7, 11) is 1.26. The second-order valence-corrected chi connectivity index (χ2v) is 1.58. The maximum absolute atomic E-state index is 9.71. The molecule has 0 aromatic rings. The number of carboxylic acids is 1. The fourth-order valence-electron chi connectivity index (χ4n) is 0.0873. The van der Waals surface area contributed by atoms with Gasteiger partial charge in [0.1, 0.15) is 0 Å². The van der Waals surface area contributed by atoms with Crippen LogP contribution in [0.15, 0.2) is 12.3 Å². The highest BCUT2D eigenvalue weighted by molar-refractivity contribution is 7.73. The van der Waals surface area contributed by atoms with E-state index in [4.69, 9.17) is 18.4 Å². The van der Waals surface area contributed by atoms with Crippen molar-refractivity contribution in [3.63, 3.8) is 0 Å². The van der Waals surface area contributed by atoms with Gasteiger partial charge in [0.05, 0.1) is 18.5 Å². The molecule has 2 N–H and O–H groups in total. The molecule has 0 saturated carbocycles. The van der Waals surface area contributed by atoms with Crippen molar-refractivity contribution in [1.29, 1.82) is 0 Å². The molecule has 0 aromatic carbocycles. The molecular weight excluding hydrogens is 176 g/mol. The Labute approximate surface area is 65.6 Å². The van der Waals surface area contributed by atoms with Crippen LogP contribution in [0.5, 0.6) is 0 Å². The van der Waals surface area contributed by atoms with E-state index < -0.39 is 17.3 Å². The van der Waals surface area contributed by atoms with Crippen LogP contribution in [-0.2, 0) is 20.9 Å². The summed E-state index contributed by atoms with van der Waals surface area (Å²) in [6.45, 7) is 3.05. The van der Waals surface area contributed by atoms with Crippen LogP contribution < -0.4 is 0 Å². The second kappa shape index (κ2) is 7.19. The van der Waals surface area contributed by atoms with Crippen LogP contribution in [0.4, 0.5) is 0 Å². The number of rotatable bonds is 2. The average Bonchev–Trinajstić information content (AvgIpc) is 1.85. The van der Waals surface area contributed by atoms with Crippen LogP contribution in [-0.4, -0.2) is 31.5 Å². The Hall–Kier alpha value is -0.920. The summed E-state index contributed by atoms with van der Waals surface area (Å²) in [6, 6.07) is 0. The third-order valence-corrected chi connectivity index (χ3v) is 0.485. The molecule has 7 heteroatoms. The monoisotopic (exact) mass is 183 g/mol. The predicted octanol–water partition coefficient (Wildman–Crippen LogP) is -0.430. The first-order valence-electron chi connectivity index (χ1n) is 2.16. The lowest BCUT2D eigenvalue weighted by atomic mass is 10.6. The topological polar surface area (TPSA) is 107 Å². The molecule has 0 radical (unpaired) electrons. The first-order valence-corrected chi connectivity index (χ1v) is 3.19. The number of methoxy groups -OCH3 is 1. The molecule has 0 aromatic heterocycles. The first kappa shape index (κ1) is 12.7. The molecule has 0 rings (SSSR count). The highest BCUT2D eigenvalue weighted by Crippen LogP contribution is 1.86. The molecule has 0 fully saturated rings. The van der Waals surface area contributed by atoms with E-state index in [1.807, 2.05) is 0 Å². The summed E-state index contributed by atoms with van der Waals surface area (Å²) in [6.07, 6.45) is 0. The number of carboxylic acid groups (broad SMARTS) is 1. The van der Waals surface area contributed by atoms with E-state index in [9.17, 15) is 4.79 Å². The van der Waals surface area contributed by atoms with Crippen LogP contribution in [0.25, 0.3) is 0 Å². The average molecular weight is 183 g/mol. The fourth-order valence-corrected chi connectivity index (χ4v) is 0.0873. The van der Waals surface area contributed by atoms with Crippen molar-refractivity contribution in [3.8, 4) is 0 Å². The van der Waals surface area contributed by atoms with Gasteiger partial charge in [-0.25, -0.2) is 9.00 Å². The molecule has 0 bridgehead atoms.